The standard InChI is InChI=1S/C43H73NO30/c1-4-5-6-7-63-39-30(60)27(57)33(18(11-48)68-39)70-41-31(61)28(58)34(19(12-49)69-41)71-42-32(62)36(24(54)17(10-47)66-42)73-38-20(44-14(3)50)35(23(53)16(9-46)65-38)72-43-37(26(56)22(52)15(8-45)67-43)74-40-29(59)25(55)21(51)13(2)64-40/h4,13,15-43,45-49,51-62H,1,5-12H2,2-3H3,(H,44,50)/t13-,15+,16+,17+,18+,19+,20+,21+,22-,23-,24-,25+,26-,27+,28+,29-,30+,31+,32+,33+,34-,35+,36-,37+,38-,39+,40-,41-,42+,43-/m0/s1. The summed E-state index contributed by atoms with van der Waals surface area (Å²) in [6.07, 6.45) is -50.5. The van der Waals surface area contributed by atoms with E-state index >= 15 is 0 Å². The topological polar surface area (TPSA) is 484 Å². The summed E-state index contributed by atoms with van der Waals surface area (Å²) in [5.41, 5.74) is 0. The maximum atomic E-state index is 12.8. The van der Waals surface area contributed by atoms with E-state index in [-0.39, 0.29) is 6.61 Å². The van der Waals surface area contributed by atoms with Crippen LogP contribution in [-0.2, 0) is 61.6 Å². The van der Waals surface area contributed by atoms with Gasteiger partial charge in [0, 0.05) is 6.92 Å². The Balaban J connectivity index is 1.20. The second kappa shape index (κ2) is 27.3. The fourth-order valence-electron chi connectivity index (χ4n) is 9.39. The highest BCUT2D eigenvalue weighted by atomic mass is 16.8. The lowest BCUT2D eigenvalue weighted by molar-refractivity contribution is -0.393. The first-order valence-electron chi connectivity index (χ1n) is 24.1. The Morgan fingerprint density at radius 2 is 0.851 bits per heavy atom. The molecule has 0 bridgehead atoms. The molecule has 0 spiro atoms. The maximum absolute atomic E-state index is 12.8. The van der Waals surface area contributed by atoms with Gasteiger partial charge in [-0.3, -0.25) is 4.79 Å². The Kier molecular flexibility index (Phi) is 22.6. The highest BCUT2D eigenvalue weighted by Crippen LogP contribution is 2.37. The Labute approximate surface area is 422 Å². The molecular weight excluding hydrogens is 1010 g/mol. The Hall–Kier alpha value is -1.95. The Morgan fingerprint density at radius 1 is 0.446 bits per heavy atom. The number of aliphatic hydroxyl groups is 17. The molecule has 30 atom stereocenters. The summed E-state index contributed by atoms with van der Waals surface area (Å²) >= 11 is 0. The molecule has 6 aliphatic heterocycles. The monoisotopic (exact) mass is 1080 g/mol. The number of hydrogen-bond donors (Lipinski definition) is 18. The van der Waals surface area contributed by atoms with Crippen molar-refractivity contribution in [2.45, 2.75) is 211 Å². The minimum Gasteiger partial charge on any atom is -0.394 e. The molecule has 0 aromatic carbocycles. The van der Waals surface area contributed by atoms with Crippen LogP contribution in [0.25, 0.3) is 0 Å². The van der Waals surface area contributed by atoms with Gasteiger partial charge in [-0.1, -0.05) is 6.08 Å². The number of carbonyl (C=O) groups is 1. The lowest BCUT2D eigenvalue weighted by atomic mass is 9.94. The molecule has 31 heteroatoms. The number of rotatable bonds is 21. The fourth-order valence-corrected chi connectivity index (χ4v) is 9.39. The SMILES string of the molecule is C=CCCCO[C@@H]1O[C@H](CO)[C@@H](O[C@@H]2O[C@H](CO)[C@H](O[C@H]3O[C@H](CO)[C@H](O)[C@H](O[C@@H]4O[C@H](CO)[C@H](O)[C@H](O[C@@H]5O[C@H](CO)[C@H](O)[C@H](O)[C@H]5O[C@@H]5O[C@@H](C)[C@@H](O)[C@@H](O)[C@@H]5O)[C@H]4NC(C)=O)[C@H]3O)[C@H](O)[C@H]2O)[C@H](O)[C@H]1O. The first-order chi connectivity index (χ1) is 35.2. The third-order valence-electron chi connectivity index (χ3n) is 13.6. The minimum atomic E-state index is -2.21. The van der Waals surface area contributed by atoms with Gasteiger partial charge in [0.25, 0.3) is 0 Å². The van der Waals surface area contributed by atoms with Crippen LogP contribution in [0.2, 0.25) is 0 Å². The van der Waals surface area contributed by atoms with Crippen molar-refractivity contribution >= 4 is 5.91 Å². The van der Waals surface area contributed by atoms with Crippen LogP contribution in [0.3, 0.4) is 0 Å². The van der Waals surface area contributed by atoms with Crippen LogP contribution in [-0.4, -0.2) is 317 Å². The molecule has 6 fully saturated rings. The van der Waals surface area contributed by atoms with Crippen LogP contribution in [0.15, 0.2) is 12.7 Å². The molecule has 1 amide bonds. The number of ether oxygens (including phenoxy) is 12. The van der Waals surface area contributed by atoms with Gasteiger partial charge in [0.1, 0.15) is 140 Å². The third kappa shape index (κ3) is 13.4. The van der Waals surface area contributed by atoms with Gasteiger partial charge in [-0.05, 0) is 19.8 Å². The van der Waals surface area contributed by atoms with E-state index in [1.807, 2.05) is 0 Å². The molecule has 430 valence electrons. The van der Waals surface area contributed by atoms with Crippen molar-refractivity contribution in [3.8, 4) is 0 Å². The average Bonchev–Trinajstić information content (AvgIpc) is 3.38. The highest BCUT2D eigenvalue weighted by molar-refractivity contribution is 5.73. The molecule has 0 unspecified atom stereocenters. The molecule has 0 radical (unpaired) electrons. The van der Waals surface area contributed by atoms with Crippen LogP contribution in [0.5, 0.6) is 0 Å². The molecule has 6 saturated heterocycles. The van der Waals surface area contributed by atoms with Gasteiger partial charge < -0.3 is 149 Å². The molecule has 0 aromatic heterocycles. The van der Waals surface area contributed by atoms with E-state index < -0.39 is 223 Å². The molecule has 31 nitrogen and oxygen atoms in total. The summed E-state index contributed by atoms with van der Waals surface area (Å²) < 4.78 is 69.0. The van der Waals surface area contributed by atoms with Crippen molar-refractivity contribution in [1.29, 1.82) is 0 Å². The Morgan fingerprint density at radius 3 is 1.41 bits per heavy atom. The number of hydrogen-bond acceptors (Lipinski definition) is 30. The normalized spacial score (nSPS) is 49.3. The van der Waals surface area contributed by atoms with Gasteiger partial charge in [-0.25, -0.2) is 0 Å². The van der Waals surface area contributed by atoms with E-state index in [0.29, 0.717) is 12.8 Å². The zero-order valence-corrected chi connectivity index (χ0v) is 40.2. The summed E-state index contributed by atoms with van der Waals surface area (Å²) in [6.45, 7) is 1.26. The molecule has 0 aromatic rings. The second-order valence-electron chi connectivity index (χ2n) is 18.8. The van der Waals surface area contributed by atoms with Gasteiger partial charge in [-0.15, -0.1) is 6.58 Å². The van der Waals surface area contributed by atoms with Crippen molar-refractivity contribution in [3.05, 3.63) is 12.7 Å². The lowest BCUT2D eigenvalue weighted by Crippen LogP contribution is -2.70. The predicted octanol–water partition coefficient (Wildman–Crippen LogP) is -10.9. The van der Waals surface area contributed by atoms with Crippen LogP contribution in [0.4, 0.5) is 0 Å². The summed E-state index contributed by atoms with van der Waals surface area (Å²) in [6, 6.07) is -1.78. The smallest absolute Gasteiger partial charge is 0.217 e. The van der Waals surface area contributed by atoms with E-state index in [2.05, 4.69) is 11.9 Å². The van der Waals surface area contributed by atoms with Crippen molar-refractivity contribution in [2.24, 2.45) is 0 Å². The highest BCUT2D eigenvalue weighted by Gasteiger charge is 2.58. The van der Waals surface area contributed by atoms with E-state index in [0.717, 1.165) is 6.92 Å². The second-order valence-corrected chi connectivity index (χ2v) is 18.8. The van der Waals surface area contributed by atoms with Gasteiger partial charge in [0.2, 0.25) is 5.91 Å². The van der Waals surface area contributed by atoms with Crippen LogP contribution >= 0.6 is 0 Å². The number of allylic oxidation sites excluding steroid dienone is 1. The number of carbonyl (C=O) groups excluding carboxylic acids is 1. The van der Waals surface area contributed by atoms with Gasteiger partial charge in [-0.2, -0.15) is 0 Å². The largest absolute Gasteiger partial charge is 0.394 e. The third-order valence-corrected chi connectivity index (χ3v) is 13.6. The fraction of sp³-hybridized carbons (Fsp3) is 0.930. The van der Waals surface area contributed by atoms with Crippen molar-refractivity contribution in [1.82, 2.24) is 5.32 Å². The maximum Gasteiger partial charge on any atom is 0.217 e. The summed E-state index contributed by atoms with van der Waals surface area (Å²) in [5, 5.41) is 186. The molecule has 6 aliphatic rings. The first-order valence-corrected chi connectivity index (χ1v) is 24.1. The van der Waals surface area contributed by atoms with Crippen LogP contribution in [0.1, 0.15) is 26.7 Å². The molecule has 74 heavy (non-hydrogen) atoms. The van der Waals surface area contributed by atoms with Crippen LogP contribution in [0, 0.1) is 0 Å². The lowest BCUT2D eigenvalue weighted by Gasteiger charge is -2.51. The molecule has 18 N–H and O–H groups in total. The van der Waals surface area contributed by atoms with Gasteiger partial charge in [0.05, 0.1) is 45.7 Å². The van der Waals surface area contributed by atoms with Crippen molar-refractivity contribution in [3.63, 3.8) is 0 Å². The molecule has 0 aliphatic carbocycles. The predicted molar refractivity (Wildman–Crippen MR) is 233 cm³/mol. The molecule has 6 heterocycles. The zero-order valence-electron chi connectivity index (χ0n) is 40.2. The van der Waals surface area contributed by atoms with Gasteiger partial charge >= 0.3 is 0 Å². The quantitative estimate of drug-likeness (QED) is 0.0375. The number of unbranched alkanes of at least 4 members (excludes halogenated alkanes) is 1. The van der Waals surface area contributed by atoms with Crippen LogP contribution < -0.4 is 5.32 Å². The number of nitrogens with one attached hydrogen (secondary N) is 1. The average molecular weight is 1080 g/mol. The molecule has 6 rings (SSSR count). The van der Waals surface area contributed by atoms with E-state index in [1.54, 1.807) is 6.08 Å². The molecular formula is C43H73NO30. The summed E-state index contributed by atoms with van der Waals surface area (Å²) in [4.78, 5) is 12.8. The number of amides is 1. The van der Waals surface area contributed by atoms with Crippen molar-refractivity contribution < 1.29 is 148 Å². The first kappa shape index (κ1) is 61.3. The van der Waals surface area contributed by atoms with Gasteiger partial charge in [0.15, 0.2) is 37.7 Å². The number of aliphatic hydroxyl groups excluding tert-OH is 17. The van der Waals surface area contributed by atoms with E-state index in [1.165, 1.54) is 6.92 Å². The van der Waals surface area contributed by atoms with Crippen molar-refractivity contribution in [2.75, 3.05) is 39.6 Å². The summed E-state index contributed by atoms with van der Waals surface area (Å²) in [7, 11) is 0. The van der Waals surface area contributed by atoms with E-state index in [4.69, 9.17) is 56.8 Å². The Bertz CT molecular complexity index is 1730. The molecule has 0 saturated carbocycles. The minimum absolute atomic E-state index is 0.0896. The summed E-state index contributed by atoms with van der Waals surface area (Å²) in [5.74, 6) is -0.858. The van der Waals surface area contributed by atoms with E-state index in [9.17, 15) is 91.6 Å². The zero-order chi connectivity index (χ0) is 54.5.